The van der Waals surface area contributed by atoms with Gasteiger partial charge in [-0.15, -0.1) is 0 Å². The predicted molar refractivity (Wildman–Crippen MR) is 38.6 cm³/mol. The van der Waals surface area contributed by atoms with E-state index in [-0.39, 0.29) is 6.61 Å². The van der Waals surface area contributed by atoms with Crippen LogP contribution in [0.5, 0.6) is 0 Å². The molecule has 11 heavy (non-hydrogen) atoms. The number of carbonyl (C=O) groups excluding carboxylic acids is 2. The summed E-state index contributed by atoms with van der Waals surface area (Å²) in [5, 5.41) is 0. The zero-order chi connectivity index (χ0) is 8.85. The second kappa shape index (κ2) is 5.21. The van der Waals surface area contributed by atoms with Crippen molar-refractivity contribution < 1.29 is 19.1 Å². The number of ether oxygens (including phenoxy) is 2. The Balaban J connectivity index is 3.73. The molecular weight excluding hydrogens is 195 g/mol. The first-order valence-corrected chi connectivity index (χ1v) is 3.56. The molecule has 0 rings (SSSR count). The fraction of sp³-hybridized carbons (Fsp3) is 0.600. The van der Waals surface area contributed by atoms with Gasteiger partial charge in [0.25, 0.3) is 5.56 Å². The van der Waals surface area contributed by atoms with Crippen LogP contribution in [0.15, 0.2) is 0 Å². The Labute approximate surface area is 73.4 Å². The lowest BCUT2D eigenvalue weighted by Gasteiger charge is -2.06. The van der Waals surface area contributed by atoms with Gasteiger partial charge in [-0.25, -0.2) is 9.59 Å². The summed E-state index contributed by atoms with van der Waals surface area (Å²) in [6.45, 7) is 1.77. The minimum absolute atomic E-state index is 0.169. The number of hydrogen-bond donors (Lipinski definition) is 0. The minimum atomic E-state index is -1.46. The maximum atomic E-state index is 10.6. The molecule has 0 aromatic carbocycles. The molecule has 0 heterocycles. The Kier molecular flexibility index (Phi) is 4.98. The maximum Gasteiger partial charge on any atom is 0.405 e. The van der Waals surface area contributed by atoms with Crippen LogP contribution < -0.4 is 0 Å². The van der Waals surface area contributed by atoms with Gasteiger partial charge in [-0.05, 0) is 6.92 Å². The van der Waals surface area contributed by atoms with Crippen LogP contribution in [0, 0.1) is 0 Å². The van der Waals surface area contributed by atoms with E-state index < -0.39 is 17.0 Å². The number of alkyl halides is 1. The summed E-state index contributed by atoms with van der Waals surface area (Å²) >= 11 is 9.97. The lowest BCUT2D eigenvalue weighted by Crippen LogP contribution is -2.21. The van der Waals surface area contributed by atoms with Crippen LogP contribution in [-0.4, -0.2) is 23.6 Å². The molecule has 0 aromatic rings. The first kappa shape index (κ1) is 10.5. The van der Waals surface area contributed by atoms with Crippen molar-refractivity contribution in [2.75, 3.05) is 6.61 Å². The normalized spacial score (nSPS) is 11.9. The molecular formula is C5H6Cl2O4. The summed E-state index contributed by atoms with van der Waals surface area (Å²) in [6, 6.07) is 0. The highest BCUT2D eigenvalue weighted by Gasteiger charge is 2.19. The molecule has 64 valence electrons. The van der Waals surface area contributed by atoms with E-state index in [0.717, 1.165) is 0 Å². The van der Waals surface area contributed by atoms with Gasteiger partial charge in [-0.3, -0.25) is 0 Å². The van der Waals surface area contributed by atoms with Gasteiger partial charge in [0.1, 0.15) is 0 Å². The van der Waals surface area contributed by atoms with Crippen molar-refractivity contribution >= 4 is 34.6 Å². The van der Waals surface area contributed by atoms with E-state index in [4.69, 9.17) is 23.2 Å². The number of carbonyl (C=O) groups is 2. The Morgan fingerprint density at radius 1 is 1.55 bits per heavy atom. The molecule has 0 radical (unpaired) electrons. The van der Waals surface area contributed by atoms with E-state index in [0.29, 0.717) is 0 Å². The molecule has 4 nitrogen and oxygen atoms in total. The highest BCUT2D eigenvalue weighted by Crippen LogP contribution is 2.03. The van der Waals surface area contributed by atoms with Crippen molar-refractivity contribution in [1.82, 2.24) is 0 Å². The van der Waals surface area contributed by atoms with Crippen LogP contribution >= 0.6 is 23.2 Å². The molecule has 0 amide bonds. The second-order valence-corrected chi connectivity index (χ2v) is 2.13. The molecule has 0 aliphatic heterocycles. The molecule has 0 saturated heterocycles. The van der Waals surface area contributed by atoms with Crippen LogP contribution in [0.3, 0.4) is 0 Å². The van der Waals surface area contributed by atoms with E-state index in [1.165, 1.54) is 0 Å². The first-order chi connectivity index (χ1) is 5.07. The molecule has 0 aliphatic rings. The summed E-state index contributed by atoms with van der Waals surface area (Å²) in [5.41, 5.74) is -2.60. The Hall–Kier alpha value is -0.480. The standard InChI is InChI=1S/C5H6Cl2O4/c1-2-10-4(8)3(6)11-5(7)9/h3H,2H2,1H3. The van der Waals surface area contributed by atoms with Gasteiger partial charge < -0.3 is 9.47 Å². The third-order valence-electron chi connectivity index (χ3n) is 0.668. The van der Waals surface area contributed by atoms with Crippen molar-refractivity contribution in [3.8, 4) is 0 Å². The molecule has 0 fully saturated rings. The number of esters is 1. The van der Waals surface area contributed by atoms with E-state index in [1.807, 2.05) is 0 Å². The van der Waals surface area contributed by atoms with E-state index >= 15 is 0 Å². The number of halogens is 2. The zero-order valence-electron chi connectivity index (χ0n) is 5.67. The highest BCUT2D eigenvalue weighted by molar-refractivity contribution is 6.61. The third-order valence-corrected chi connectivity index (χ3v) is 1.02. The zero-order valence-corrected chi connectivity index (χ0v) is 7.19. The predicted octanol–water partition coefficient (Wildman–Crippen LogP) is 1.49. The smallest absolute Gasteiger partial charge is 0.405 e. The first-order valence-electron chi connectivity index (χ1n) is 2.74. The van der Waals surface area contributed by atoms with Gasteiger partial charge in [0, 0.05) is 11.6 Å². The van der Waals surface area contributed by atoms with Gasteiger partial charge >= 0.3 is 11.4 Å². The second-order valence-electron chi connectivity index (χ2n) is 1.42. The summed E-state index contributed by atoms with van der Waals surface area (Å²) in [6.07, 6.45) is 0. The van der Waals surface area contributed by atoms with Crippen LogP contribution in [0.2, 0.25) is 0 Å². The van der Waals surface area contributed by atoms with Crippen LogP contribution in [-0.2, 0) is 14.3 Å². The molecule has 0 aromatic heterocycles. The number of rotatable bonds is 3. The summed E-state index contributed by atoms with van der Waals surface area (Å²) in [4.78, 5) is 20.6. The summed E-state index contributed by atoms with van der Waals surface area (Å²) in [7, 11) is 0. The van der Waals surface area contributed by atoms with Crippen molar-refractivity contribution in [3.63, 3.8) is 0 Å². The molecule has 6 heteroatoms. The Bertz CT molecular complexity index is 159. The average molecular weight is 201 g/mol. The maximum absolute atomic E-state index is 10.6. The lowest BCUT2D eigenvalue weighted by molar-refractivity contribution is -0.148. The van der Waals surface area contributed by atoms with Crippen molar-refractivity contribution in [1.29, 1.82) is 0 Å². The summed E-state index contributed by atoms with van der Waals surface area (Å²) in [5.74, 6) is -0.830. The highest BCUT2D eigenvalue weighted by atomic mass is 35.5. The van der Waals surface area contributed by atoms with E-state index in [9.17, 15) is 9.59 Å². The van der Waals surface area contributed by atoms with Crippen LogP contribution in [0.25, 0.3) is 0 Å². The largest absolute Gasteiger partial charge is 0.462 e. The molecule has 0 bridgehead atoms. The quantitative estimate of drug-likeness (QED) is 0.394. The van der Waals surface area contributed by atoms with Gasteiger partial charge in [0.15, 0.2) is 0 Å². The minimum Gasteiger partial charge on any atom is -0.462 e. The van der Waals surface area contributed by atoms with Crippen molar-refractivity contribution in [2.24, 2.45) is 0 Å². The van der Waals surface area contributed by atoms with Crippen LogP contribution in [0.1, 0.15) is 6.92 Å². The summed E-state index contributed by atoms with van der Waals surface area (Å²) < 4.78 is 8.48. The fourth-order valence-corrected chi connectivity index (χ4v) is 0.616. The molecule has 0 saturated carbocycles. The number of hydrogen-bond acceptors (Lipinski definition) is 4. The monoisotopic (exact) mass is 200 g/mol. The van der Waals surface area contributed by atoms with Gasteiger partial charge in [0.05, 0.1) is 6.61 Å². The topological polar surface area (TPSA) is 52.6 Å². The fourth-order valence-electron chi connectivity index (χ4n) is 0.337. The SMILES string of the molecule is CCOC(=O)C(Cl)OC(=O)Cl. The van der Waals surface area contributed by atoms with Gasteiger partial charge in [0.2, 0.25) is 0 Å². The molecule has 0 aliphatic carbocycles. The molecule has 0 N–H and O–H groups in total. The average Bonchev–Trinajstić information content (AvgIpc) is 1.86. The molecule has 0 spiro atoms. The molecule has 1 atom stereocenters. The van der Waals surface area contributed by atoms with Crippen LogP contribution in [0.4, 0.5) is 4.79 Å². The molecule has 1 unspecified atom stereocenters. The lowest BCUT2D eigenvalue weighted by atomic mass is 10.7. The van der Waals surface area contributed by atoms with Crippen molar-refractivity contribution in [3.05, 3.63) is 0 Å². The van der Waals surface area contributed by atoms with Gasteiger partial charge in [-0.2, -0.15) is 0 Å². The Morgan fingerprint density at radius 2 is 2.09 bits per heavy atom. The van der Waals surface area contributed by atoms with Crippen molar-refractivity contribution in [2.45, 2.75) is 12.5 Å². The third kappa shape index (κ3) is 4.86. The van der Waals surface area contributed by atoms with E-state index in [2.05, 4.69) is 9.47 Å². The van der Waals surface area contributed by atoms with Gasteiger partial charge in [-0.1, -0.05) is 11.6 Å². The Morgan fingerprint density at radius 3 is 2.45 bits per heavy atom. The van der Waals surface area contributed by atoms with E-state index in [1.54, 1.807) is 6.92 Å².